The Kier molecular flexibility index (Phi) is 7.62. The van der Waals surface area contributed by atoms with Crippen LogP contribution in [0.3, 0.4) is 0 Å². The maximum atomic E-state index is 12.5. The monoisotopic (exact) mass is 422 g/mol. The number of rotatable bonds is 9. The van der Waals surface area contributed by atoms with Crippen molar-refractivity contribution in [3.63, 3.8) is 0 Å². The van der Waals surface area contributed by atoms with Gasteiger partial charge in [0, 0.05) is 12.5 Å². The molecule has 2 aromatic rings. The van der Waals surface area contributed by atoms with Gasteiger partial charge in [0.15, 0.2) is 5.16 Å². The highest BCUT2D eigenvalue weighted by molar-refractivity contribution is 7.99. The molecule has 1 aliphatic carbocycles. The molecule has 3 rings (SSSR count). The molecule has 156 valence electrons. The number of ether oxygens (including phenoxy) is 1. The number of amides is 1. The number of halogens is 2. The van der Waals surface area contributed by atoms with Gasteiger partial charge in [-0.15, -0.1) is 16.8 Å². The third-order valence-electron chi connectivity index (χ3n) is 4.74. The van der Waals surface area contributed by atoms with E-state index in [9.17, 15) is 13.6 Å². The van der Waals surface area contributed by atoms with E-state index in [1.165, 1.54) is 43.2 Å². The molecule has 1 amide bonds. The highest BCUT2D eigenvalue weighted by atomic mass is 32.2. The molecule has 0 bridgehead atoms. The van der Waals surface area contributed by atoms with Crippen molar-refractivity contribution in [2.24, 2.45) is 0 Å². The van der Waals surface area contributed by atoms with Gasteiger partial charge in [0.1, 0.15) is 11.6 Å². The fourth-order valence-electron chi connectivity index (χ4n) is 3.46. The summed E-state index contributed by atoms with van der Waals surface area (Å²) in [6.45, 7) is 1.42. The largest absolute Gasteiger partial charge is 0.433 e. The molecule has 0 radical (unpaired) electrons. The van der Waals surface area contributed by atoms with Gasteiger partial charge in [-0.3, -0.25) is 4.79 Å². The van der Waals surface area contributed by atoms with E-state index in [1.54, 1.807) is 18.2 Å². The lowest BCUT2D eigenvalue weighted by atomic mass is 9.89. The Labute approximate surface area is 172 Å². The predicted molar refractivity (Wildman–Crippen MR) is 108 cm³/mol. The van der Waals surface area contributed by atoms with E-state index in [4.69, 9.17) is 0 Å². The van der Waals surface area contributed by atoms with Gasteiger partial charge in [-0.25, -0.2) is 0 Å². The van der Waals surface area contributed by atoms with Crippen LogP contribution < -0.4 is 10.1 Å². The average molecular weight is 423 g/mol. The van der Waals surface area contributed by atoms with E-state index in [1.807, 2.05) is 4.57 Å². The number of thioether (sulfide) groups is 1. The molecular weight excluding hydrogens is 398 g/mol. The number of alkyl halides is 2. The number of aromatic nitrogens is 3. The van der Waals surface area contributed by atoms with Gasteiger partial charge in [0.05, 0.1) is 11.4 Å². The summed E-state index contributed by atoms with van der Waals surface area (Å²) >= 11 is 1.26. The van der Waals surface area contributed by atoms with Crippen molar-refractivity contribution in [1.29, 1.82) is 0 Å². The van der Waals surface area contributed by atoms with E-state index in [2.05, 4.69) is 26.8 Å². The van der Waals surface area contributed by atoms with Crippen LogP contribution in [-0.2, 0) is 11.3 Å². The van der Waals surface area contributed by atoms with E-state index >= 15 is 0 Å². The molecule has 1 aromatic carbocycles. The SMILES string of the molecule is C=CCn1c(SCC(=O)Nc2ccccc2OC(F)F)nnc1C1CCCCC1. The Bertz CT molecular complexity index is 838. The summed E-state index contributed by atoms with van der Waals surface area (Å²) in [5.41, 5.74) is 0.203. The standard InChI is InChI=1S/C20H24F2N4O2S/c1-2-12-26-18(14-8-4-3-5-9-14)24-25-20(26)29-13-17(27)23-15-10-6-7-11-16(15)28-19(21)22/h2,6-7,10-11,14,19H,1,3-5,8-9,12-13H2,(H,23,27). The number of carbonyl (C=O) groups is 1. The average Bonchev–Trinajstić information content (AvgIpc) is 3.11. The quantitative estimate of drug-likeness (QED) is 0.462. The topological polar surface area (TPSA) is 69.0 Å². The maximum Gasteiger partial charge on any atom is 0.387 e. The van der Waals surface area contributed by atoms with Crippen molar-refractivity contribution in [3.8, 4) is 5.75 Å². The lowest BCUT2D eigenvalue weighted by Gasteiger charge is -2.21. The molecule has 1 saturated carbocycles. The van der Waals surface area contributed by atoms with Crippen LogP contribution in [0.2, 0.25) is 0 Å². The summed E-state index contributed by atoms with van der Waals surface area (Å²) in [7, 11) is 0. The minimum absolute atomic E-state index is 0.0724. The number of nitrogens with zero attached hydrogens (tertiary/aromatic N) is 3. The zero-order valence-electron chi connectivity index (χ0n) is 16.0. The minimum atomic E-state index is -2.96. The van der Waals surface area contributed by atoms with Gasteiger partial charge in [-0.05, 0) is 25.0 Å². The van der Waals surface area contributed by atoms with Crippen LogP contribution in [0.5, 0.6) is 5.75 Å². The zero-order chi connectivity index (χ0) is 20.6. The van der Waals surface area contributed by atoms with Crippen LogP contribution in [-0.4, -0.2) is 33.0 Å². The first-order valence-corrected chi connectivity index (χ1v) is 10.6. The normalized spacial score (nSPS) is 14.7. The molecule has 6 nitrogen and oxygen atoms in total. The molecule has 0 spiro atoms. The molecule has 0 saturated heterocycles. The van der Waals surface area contributed by atoms with Crippen molar-refractivity contribution in [2.75, 3.05) is 11.1 Å². The van der Waals surface area contributed by atoms with Gasteiger partial charge in [0.25, 0.3) is 0 Å². The third kappa shape index (κ3) is 5.79. The van der Waals surface area contributed by atoms with Crippen LogP contribution in [0.25, 0.3) is 0 Å². The van der Waals surface area contributed by atoms with Crippen LogP contribution in [0.4, 0.5) is 14.5 Å². The van der Waals surface area contributed by atoms with Gasteiger partial charge in [-0.2, -0.15) is 8.78 Å². The number of benzene rings is 1. The van der Waals surface area contributed by atoms with E-state index < -0.39 is 6.61 Å². The molecule has 0 aliphatic heterocycles. The van der Waals surface area contributed by atoms with Crippen LogP contribution in [0.15, 0.2) is 42.1 Å². The summed E-state index contributed by atoms with van der Waals surface area (Å²) in [5, 5.41) is 11.9. The van der Waals surface area contributed by atoms with Crippen LogP contribution in [0.1, 0.15) is 43.8 Å². The lowest BCUT2D eigenvalue weighted by molar-refractivity contribution is -0.113. The third-order valence-corrected chi connectivity index (χ3v) is 5.70. The first-order valence-electron chi connectivity index (χ1n) is 9.59. The fraction of sp³-hybridized carbons (Fsp3) is 0.450. The van der Waals surface area contributed by atoms with Crippen LogP contribution in [0, 0.1) is 0 Å². The molecule has 1 N–H and O–H groups in total. The molecular formula is C20H24F2N4O2S. The van der Waals surface area contributed by atoms with E-state index in [-0.39, 0.29) is 23.1 Å². The molecule has 1 fully saturated rings. The van der Waals surface area contributed by atoms with E-state index in [0.717, 1.165) is 18.7 Å². The van der Waals surface area contributed by atoms with Gasteiger partial charge < -0.3 is 14.6 Å². The van der Waals surface area contributed by atoms with Gasteiger partial charge in [0.2, 0.25) is 5.91 Å². The molecule has 0 unspecified atom stereocenters. The lowest BCUT2D eigenvalue weighted by Crippen LogP contribution is -2.16. The van der Waals surface area contributed by atoms with E-state index in [0.29, 0.717) is 17.6 Å². The Morgan fingerprint density at radius 1 is 1.31 bits per heavy atom. The number of hydrogen-bond donors (Lipinski definition) is 1. The number of nitrogens with one attached hydrogen (secondary N) is 1. The summed E-state index contributed by atoms with van der Waals surface area (Å²) in [5.74, 6) is 0.993. The summed E-state index contributed by atoms with van der Waals surface area (Å²) in [6.07, 6.45) is 7.62. The molecule has 9 heteroatoms. The van der Waals surface area contributed by atoms with Crippen molar-refractivity contribution in [3.05, 3.63) is 42.7 Å². The number of anilines is 1. The zero-order valence-corrected chi connectivity index (χ0v) is 16.8. The van der Waals surface area contributed by atoms with Crippen molar-refractivity contribution in [2.45, 2.75) is 56.3 Å². The summed E-state index contributed by atoms with van der Waals surface area (Å²) < 4.78 is 31.5. The first-order chi connectivity index (χ1) is 14.1. The Morgan fingerprint density at radius 3 is 2.79 bits per heavy atom. The van der Waals surface area contributed by atoms with Crippen molar-refractivity contribution < 1.29 is 18.3 Å². The first kappa shape index (κ1) is 21.3. The van der Waals surface area contributed by atoms with Gasteiger partial charge >= 0.3 is 6.61 Å². The van der Waals surface area contributed by atoms with Crippen LogP contribution >= 0.6 is 11.8 Å². The number of hydrogen-bond acceptors (Lipinski definition) is 5. The molecule has 0 atom stereocenters. The molecule has 29 heavy (non-hydrogen) atoms. The second-order valence-corrected chi connectivity index (χ2v) is 7.73. The molecule has 1 heterocycles. The van der Waals surface area contributed by atoms with Crippen molar-refractivity contribution in [1.82, 2.24) is 14.8 Å². The maximum absolute atomic E-state index is 12.5. The number of para-hydroxylation sites is 2. The minimum Gasteiger partial charge on any atom is -0.433 e. The number of allylic oxidation sites excluding steroid dienone is 1. The van der Waals surface area contributed by atoms with Gasteiger partial charge in [-0.1, -0.05) is 49.2 Å². The predicted octanol–water partition coefficient (Wildman–Crippen LogP) is 4.84. The molecule has 1 aliphatic rings. The fourth-order valence-corrected chi connectivity index (χ4v) is 4.21. The Hall–Kier alpha value is -2.42. The number of carbonyl (C=O) groups excluding carboxylic acids is 1. The summed E-state index contributed by atoms with van der Waals surface area (Å²) in [4.78, 5) is 12.3. The molecule has 1 aromatic heterocycles. The second-order valence-electron chi connectivity index (χ2n) is 6.79. The smallest absolute Gasteiger partial charge is 0.387 e. The highest BCUT2D eigenvalue weighted by Gasteiger charge is 2.23. The Balaban J connectivity index is 1.64. The Morgan fingerprint density at radius 2 is 2.07 bits per heavy atom. The second kappa shape index (κ2) is 10.4. The summed E-state index contributed by atoms with van der Waals surface area (Å²) in [6, 6.07) is 6.10. The highest BCUT2D eigenvalue weighted by Crippen LogP contribution is 2.33. The van der Waals surface area contributed by atoms with Crippen molar-refractivity contribution >= 4 is 23.4 Å².